The highest BCUT2D eigenvalue weighted by atomic mass is 14.2. The highest BCUT2D eigenvalue weighted by Crippen LogP contribution is 2.28. The van der Waals surface area contributed by atoms with Crippen LogP contribution in [0.1, 0.15) is 59.8 Å². The summed E-state index contributed by atoms with van der Waals surface area (Å²) in [7, 11) is 0. The van der Waals surface area contributed by atoms with Crippen LogP contribution in [0.5, 0.6) is 0 Å². The average molecular weight is 156 g/mol. The van der Waals surface area contributed by atoms with Crippen molar-refractivity contribution in [2.45, 2.75) is 59.8 Å². The lowest BCUT2D eigenvalue weighted by Gasteiger charge is -2.22. The normalized spacial score (nSPS) is 19.9. The molecule has 0 aromatic heterocycles. The monoisotopic (exact) mass is 156 g/mol. The third-order valence-electron chi connectivity index (χ3n) is 2.53. The van der Waals surface area contributed by atoms with Gasteiger partial charge in [0.25, 0.3) is 0 Å². The summed E-state index contributed by atoms with van der Waals surface area (Å²) < 4.78 is 0. The molecule has 0 saturated heterocycles. The first-order chi connectivity index (χ1) is 4.79. The topological polar surface area (TPSA) is 0 Å². The molecule has 0 heterocycles. The second-order valence-corrected chi connectivity index (χ2v) is 4.13. The molecule has 68 valence electrons. The molecule has 0 aromatic rings. The van der Waals surface area contributed by atoms with E-state index in [2.05, 4.69) is 13.8 Å². The summed E-state index contributed by atoms with van der Waals surface area (Å²) in [5.41, 5.74) is 0. The van der Waals surface area contributed by atoms with Crippen molar-refractivity contribution in [1.29, 1.82) is 0 Å². The Morgan fingerprint density at radius 1 is 1.09 bits per heavy atom. The zero-order chi connectivity index (χ0) is 7.40. The highest BCUT2D eigenvalue weighted by Gasteiger charge is 2.13. The molecule has 1 aliphatic carbocycles. The van der Waals surface area contributed by atoms with Crippen molar-refractivity contribution in [2.75, 3.05) is 0 Å². The van der Waals surface area contributed by atoms with Gasteiger partial charge >= 0.3 is 0 Å². The molecule has 0 unspecified atom stereocenters. The van der Waals surface area contributed by atoms with Gasteiger partial charge in [0.15, 0.2) is 0 Å². The van der Waals surface area contributed by atoms with Crippen LogP contribution in [-0.4, -0.2) is 0 Å². The Morgan fingerprint density at radius 3 is 2.09 bits per heavy atom. The van der Waals surface area contributed by atoms with Gasteiger partial charge in [0, 0.05) is 0 Å². The van der Waals surface area contributed by atoms with Gasteiger partial charge in [0.2, 0.25) is 0 Å². The van der Waals surface area contributed by atoms with Crippen LogP contribution in [-0.2, 0) is 0 Å². The number of rotatable bonds is 2. The molecule has 0 spiro atoms. The maximum atomic E-state index is 2.34. The predicted octanol–water partition coefficient (Wildman–Crippen LogP) is 4.25. The van der Waals surface area contributed by atoms with Gasteiger partial charge in [0.1, 0.15) is 0 Å². The molecular weight excluding hydrogens is 132 g/mol. The van der Waals surface area contributed by atoms with Gasteiger partial charge in [-0.05, 0) is 18.3 Å². The zero-order valence-electron chi connectivity index (χ0n) is 7.40. The van der Waals surface area contributed by atoms with Gasteiger partial charge < -0.3 is 0 Å². The van der Waals surface area contributed by atoms with Crippen LogP contribution in [0.4, 0.5) is 0 Å². The van der Waals surface area contributed by atoms with Crippen molar-refractivity contribution in [3.05, 3.63) is 0 Å². The first-order valence-corrected chi connectivity index (χ1v) is 4.79. The van der Waals surface area contributed by atoms with E-state index in [1.54, 1.807) is 0 Å². The smallest absolute Gasteiger partial charge is 0.0412 e. The van der Waals surface area contributed by atoms with E-state index in [1.807, 2.05) is 0 Å². The molecule has 1 rings (SSSR count). The zero-order valence-corrected chi connectivity index (χ0v) is 7.40. The Balaban J connectivity index is 0.000001000. The molecule has 1 aliphatic rings. The molecule has 0 aliphatic heterocycles. The van der Waals surface area contributed by atoms with Crippen molar-refractivity contribution in [3.63, 3.8) is 0 Å². The molecule has 0 N–H and O–H groups in total. The van der Waals surface area contributed by atoms with Crippen LogP contribution in [0.2, 0.25) is 0 Å². The van der Waals surface area contributed by atoms with Crippen LogP contribution in [0, 0.1) is 11.8 Å². The van der Waals surface area contributed by atoms with Crippen LogP contribution in [0.25, 0.3) is 0 Å². The van der Waals surface area contributed by atoms with Crippen LogP contribution in [0.3, 0.4) is 0 Å². The van der Waals surface area contributed by atoms with Gasteiger partial charge in [-0.1, -0.05) is 53.4 Å². The van der Waals surface area contributed by atoms with Crippen molar-refractivity contribution in [1.82, 2.24) is 0 Å². The number of hydrogen-bond donors (Lipinski definition) is 0. The van der Waals surface area contributed by atoms with E-state index in [0.717, 1.165) is 11.8 Å². The van der Waals surface area contributed by atoms with Gasteiger partial charge in [-0.3, -0.25) is 0 Å². The SMILES string of the molecule is C.CC(C)CC1CCCCC1. The minimum Gasteiger partial charge on any atom is -0.0776 e. The third-order valence-corrected chi connectivity index (χ3v) is 2.53. The summed E-state index contributed by atoms with van der Waals surface area (Å²) in [5.74, 6) is 2.00. The standard InChI is InChI=1S/C10H20.CH4/c1-9(2)8-10-6-4-3-5-7-10;/h9-10H,3-8H2,1-2H3;1H4. The van der Waals surface area contributed by atoms with Gasteiger partial charge in [-0.25, -0.2) is 0 Å². The molecular formula is C11H24. The minimum atomic E-state index is 0. The van der Waals surface area contributed by atoms with E-state index in [1.165, 1.54) is 38.5 Å². The minimum absolute atomic E-state index is 0. The first kappa shape index (κ1) is 11.0. The fraction of sp³-hybridized carbons (Fsp3) is 1.00. The Morgan fingerprint density at radius 2 is 1.64 bits per heavy atom. The second kappa shape index (κ2) is 5.62. The fourth-order valence-electron chi connectivity index (χ4n) is 2.09. The van der Waals surface area contributed by atoms with Crippen LogP contribution >= 0.6 is 0 Å². The largest absolute Gasteiger partial charge is 0.0776 e. The van der Waals surface area contributed by atoms with E-state index in [-0.39, 0.29) is 7.43 Å². The van der Waals surface area contributed by atoms with Crippen molar-refractivity contribution in [2.24, 2.45) is 11.8 Å². The quantitative estimate of drug-likeness (QED) is 0.560. The molecule has 1 saturated carbocycles. The summed E-state index contributed by atoms with van der Waals surface area (Å²) >= 11 is 0. The van der Waals surface area contributed by atoms with Crippen molar-refractivity contribution >= 4 is 0 Å². The summed E-state index contributed by atoms with van der Waals surface area (Å²) in [4.78, 5) is 0. The molecule has 0 radical (unpaired) electrons. The molecule has 0 nitrogen and oxygen atoms in total. The summed E-state index contributed by atoms with van der Waals surface area (Å²) in [6.07, 6.45) is 8.99. The second-order valence-electron chi connectivity index (χ2n) is 4.13. The fourth-order valence-corrected chi connectivity index (χ4v) is 2.09. The summed E-state index contributed by atoms with van der Waals surface area (Å²) in [6.45, 7) is 4.68. The molecule has 11 heavy (non-hydrogen) atoms. The lowest BCUT2D eigenvalue weighted by atomic mass is 9.84. The van der Waals surface area contributed by atoms with Gasteiger partial charge in [0.05, 0.1) is 0 Å². The highest BCUT2D eigenvalue weighted by molar-refractivity contribution is 4.66. The van der Waals surface area contributed by atoms with Gasteiger partial charge in [-0.2, -0.15) is 0 Å². The Kier molecular flexibility index (Phi) is 5.62. The van der Waals surface area contributed by atoms with E-state index < -0.39 is 0 Å². The van der Waals surface area contributed by atoms with Gasteiger partial charge in [-0.15, -0.1) is 0 Å². The molecule has 0 atom stereocenters. The summed E-state index contributed by atoms with van der Waals surface area (Å²) in [5, 5.41) is 0. The Labute approximate surface area is 72.4 Å². The van der Waals surface area contributed by atoms with Crippen LogP contribution in [0.15, 0.2) is 0 Å². The van der Waals surface area contributed by atoms with Crippen molar-refractivity contribution in [3.8, 4) is 0 Å². The van der Waals surface area contributed by atoms with E-state index in [4.69, 9.17) is 0 Å². The maximum absolute atomic E-state index is 2.34. The van der Waals surface area contributed by atoms with E-state index in [0.29, 0.717) is 0 Å². The molecule has 0 heteroatoms. The van der Waals surface area contributed by atoms with Crippen molar-refractivity contribution < 1.29 is 0 Å². The predicted molar refractivity (Wildman–Crippen MR) is 52.8 cm³/mol. The lowest BCUT2D eigenvalue weighted by Crippen LogP contribution is -2.08. The lowest BCUT2D eigenvalue weighted by molar-refractivity contribution is 0.305. The molecule has 0 bridgehead atoms. The third kappa shape index (κ3) is 4.44. The first-order valence-electron chi connectivity index (χ1n) is 4.79. The van der Waals surface area contributed by atoms with E-state index in [9.17, 15) is 0 Å². The average Bonchev–Trinajstić information content (AvgIpc) is 1.88. The summed E-state index contributed by atoms with van der Waals surface area (Å²) in [6, 6.07) is 0. The molecule has 1 fully saturated rings. The van der Waals surface area contributed by atoms with Crippen LogP contribution < -0.4 is 0 Å². The molecule has 0 amide bonds. The van der Waals surface area contributed by atoms with E-state index >= 15 is 0 Å². The Hall–Kier alpha value is 0. The number of hydrogen-bond acceptors (Lipinski definition) is 0. The maximum Gasteiger partial charge on any atom is -0.0412 e. The molecule has 0 aromatic carbocycles. The Bertz CT molecular complexity index is 78.0.